The highest BCUT2D eigenvalue weighted by Crippen LogP contribution is 2.22. The maximum absolute atomic E-state index is 6.09. The van der Waals surface area contributed by atoms with Gasteiger partial charge in [0.25, 0.3) is 0 Å². The van der Waals surface area contributed by atoms with Gasteiger partial charge in [-0.2, -0.15) is 16.9 Å². The van der Waals surface area contributed by atoms with E-state index in [0.717, 1.165) is 43.3 Å². The number of thioether (sulfide) groups is 1. The van der Waals surface area contributed by atoms with Crippen LogP contribution in [0.25, 0.3) is 0 Å². The minimum absolute atomic E-state index is 0.794. The molecule has 1 aromatic rings. The lowest BCUT2D eigenvalue weighted by Crippen LogP contribution is -2.36. The van der Waals surface area contributed by atoms with Crippen molar-refractivity contribution in [3.63, 3.8) is 0 Å². The van der Waals surface area contributed by atoms with E-state index in [0.29, 0.717) is 0 Å². The second kappa shape index (κ2) is 7.05. The minimum atomic E-state index is 0.794. The topological polar surface area (TPSA) is 59.1 Å². The van der Waals surface area contributed by atoms with Crippen LogP contribution in [0.4, 0.5) is 11.5 Å². The fraction of sp³-hybridized carbons (Fsp3) is 0.769. The van der Waals surface area contributed by atoms with Crippen LogP contribution in [0.1, 0.15) is 19.0 Å². The molecular formula is C13H25N5S. The van der Waals surface area contributed by atoms with Gasteiger partial charge in [0.2, 0.25) is 0 Å². The maximum atomic E-state index is 6.09. The maximum Gasteiger partial charge on any atom is 0.148 e. The Morgan fingerprint density at radius 3 is 2.74 bits per heavy atom. The summed E-state index contributed by atoms with van der Waals surface area (Å²) in [6, 6.07) is 0. The third-order valence-corrected chi connectivity index (χ3v) is 4.38. The van der Waals surface area contributed by atoms with E-state index in [4.69, 9.17) is 5.73 Å². The molecule has 0 atom stereocenters. The number of nitrogens with zero attached hydrogens (tertiary/aromatic N) is 3. The highest BCUT2D eigenvalue weighted by Gasteiger charge is 2.13. The molecule has 108 valence electrons. The quantitative estimate of drug-likeness (QED) is 0.831. The number of aryl methyl sites for hydroxylation is 2. The van der Waals surface area contributed by atoms with Crippen LogP contribution in [0, 0.1) is 6.92 Å². The summed E-state index contributed by atoms with van der Waals surface area (Å²) in [7, 11) is 0. The molecule has 0 aliphatic carbocycles. The summed E-state index contributed by atoms with van der Waals surface area (Å²) >= 11 is 2.05. The Kier molecular flexibility index (Phi) is 5.39. The van der Waals surface area contributed by atoms with Crippen LogP contribution in [0.5, 0.6) is 0 Å². The second-order valence-electron chi connectivity index (χ2n) is 4.95. The van der Waals surface area contributed by atoms with Gasteiger partial charge >= 0.3 is 0 Å². The number of anilines is 2. The molecule has 1 aromatic heterocycles. The van der Waals surface area contributed by atoms with Crippen molar-refractivity contribution in [3.8, 4) is 0 Å². The van der Waals surface area contributed by atoms with Crippen LogP contribution < -0.4 is 11.1 Å². The zero-order valence-corrected chi connectivity index (χ0v) is 12.8. The molecule has 0 spiro atoms. The first kappa shape index (κ1) is 14.5. The Morgan fingerprint density at radius 1 is 1.32 bits per heavy atom. The number of hydrogen-bond acceptors (Lipinski definition) is 5. The van der Waals surface area contributed by atoms with Gasteiger partial charge in [-0.3, -0.25) is 4.90 Å². The molecule has 2 rings (SSSR count). The van der Waals surface area contributed by atoms with Crippen LogP contribution in [0.15, 0.2) is 0 Å². The Bertz CT molecular complexity index is 398. The van der Waals surface area contributed by atoms with Crippen molar-refractivity contribution in [3.05, 3.63) is 5.69 Å². The molecule has 1 saturated heterocycles. The zero-order chi connectivity index (χ0) is 13.7. The normalized spacial score (nSPS) is 16.7. The van der Waals surface area contributed by atoms with Gasteiger partial charge in [-0.25, -0.2) is 4.68 Å². The van der Waals surface area contributed by atoms with E-state index in [-0.39, 0.29) is 0 Å². The molecule has 0 bridgehead atoms. The van der Waals surface area contributed by atoms with Crippen LogP contribution >= 0.6 is 11.8 Å². The van der Waals surface area contributed by atoms with E-state index in [2.05, 4.69) is 22.2 Å². The first-order valence-electron chi connectivity index (χ1n) is 7.09. The smallest absolute Gasteiger partial charge is 0.148 e. The molecule has 1 fully saturated rings. The lowest BCUT2D eigenvalue weighted by Gasteiger charge is -2.26. The van der Waals surface area contributed by atoms with Gasteiger partial charge in [0.1, 0.15) is 5.82 Å². The number of nitrogen functional groups attached to an aromatic ring is 1. The third kappa shape index (κ3) is 3.79. The van der Waals surface area contributed by atoms with Crippen molar-refractivity contribution in [1.82, 2.24) is 14.7 Å². The summed E-state index contributed by atoms with van der Waals surface area (Å²) < 4.78 is 2.00. The SMILES string of the molecule is CCCn1nc(C)c(N)c1NCCN1CCSCC1. The van der Waals surface area contributed by atoms with E-state index in [1.54, 1.807) is 0 Å². The largest absolute Gasteiger partial charge is 0.394 e. The molecule has 2 heterocycles. The van der Waals surface area contributed by atoms with E-state index in [1.807, 2.05) is 23.4 Å². The van der Waals surface area contributed by atoms with Crippen molar-refractivity contribution in [2.45, 2.75) is 26.8 Å². The standard InChI is InChI=1S/C13H25N5S/c1-3-5-18-13(12(14)11(2)16-18)15-4-6-17-7-9-19-10-8-17/h15H,3-10,14H2,1-2H3. The van der Waals surface area contributed by atoms with Gasteiger partial charge in [-0.1, -0.05) is 6.92 Å². The monoisotopic (exact) mass is 283 g/mol. The molecule has 3 N–H and O–H groups in total. The molecule has 1 aliphatic heterocycles. The van der Waals surface area contributed by atoms with Gasteiger partial charge in [-0.15, -0.1) is 0 Å². The molecule has 0 aromatic carbocycles. The van der Waals surface area contributed by atoms with E-state index < -0.39 is 0 Å². The molecule has 19 heavy (non-hydrogen) atoms. The average Bonchev–Trinajstić information content (AvgIpc) is 2.68. The van der Waals surface area contributed by atoms with Crippen LogP contribution in [0.2, 0.25) is 0 Å². The van der Waals surface area contributed by atoms with Crippen LogP contribution in [0.3, 0.4) is 0 Å². The van der Waals surface area contributed by atoms with Crippen molar-refractivity contribution >= 4 is 23.3 Å². The average molecular weight is 283 g/mol. The second-order valence-corrected chi connectivity index (χ2v) is 6.18. The fourth-order valence-corrected chi connectivity index (χ4v) is 3.29. The van der Waals surface area contributed by atoms with Gasteiger partial charge in [0.15, 0.2) is 0 Å². The Morgan fingerprint density at radius 2 is 2.05 bits per heavy atom. The molecular weight excluding hydrogens is 258 g/mol. The fourth-order valence-electron chi connectivity index (χ4n) is 2.31. The molecule has 1 aliphatic rings. The predicted molar refractivity (Wildman–Crippen MR) is 83.9 cm³/mol. The minimum Gasteiger partial charge on any atom is -0.394 e. The lowest BCUT2D eigenvalue weighted by atomic mass is 10.3. The summed E-state index contributed by atoms with van der Waals surface area (Å²) in [6.07, 6.45) is 1.07. The summed E-state index contributed by atoms with van der Waals surface area (Å²) in [4.78, 5) is 2.51. The Hall–Kier alpha value is -0.880. The third-order valence-electron chi connectivity index (χ3n) is 3.43. The highest BCUT2D eigenvalue weighted by molar-refractivity contribution is 7.99. The molecule has 6 heteroatoms. The van der Waals surface area contributed by atoms with Gasteiger partial charge in [0.05, 0.1) is 11.4 Å². The first-order valence-corrected chi connectivity index (χ1v) is 8.24. The van der Waals surface area contributed by atoms with E-state index in [9.17, 15) is 0 Å². The summed E-state index contributed by atoms with van der Waals surface area (Å²) in [5, 5.41) is 7.94. The Labute approximate surface area is 119 Å². The van der Waals surface area contributed by atoms with Gasteiger partial charge < -0.3 is 11.1 Å². The van der Waals surface area contributed by atoms with Crippen molar-refractivity contribution in [2.75, 3.05) is 48.7 Å². The van der Waals surface area contributed by atoms with Crippen molar-refractivity contribution < 1.29 is 0 Å². The number of hydrogen-bond donors (Lipinski definition) is 2. The highest BCUT2D eigenvalue weighted by atomic mass is 32.2. The van der Waals surface area contributed by atoms with Crippen LogP contribution in [-0.4, -0.2) is 52.4 Å². The molecule has 0 amide bonds. The number of nitrogens with two attached hydrogens (primary N) is 1. The van der Waals surface area contributed by atoms with E-state index in [1.165, 1.54) is 24.6 Å². The number of aromatic nitrogens is 2. The summed E-state index contributed by atoms with van der Waals surface area (Å²) in [5.41, 5.74) is 7.81. The van der Waals surface area contributed by atoms with Crippen molar-refractivity contribution in [1.29, 1.82) is 0 Å². The van der Waals surface area contributed by atoms with Crippen molar-refractivity contribution in [2.24, 2.45) is 0 Å². The molecule has 0 unspecified atom stereocenters. The Balaban J connectivity index is 1.87. The summed E-state index contributed by atoms with van der Waals surface area (Å²) in [5.74, 6) is 3.51. The molecule has 0 saturated carbocycles. The number of nitrogens with one attached hydrogen (secondary N) is 1. The molecule has 0 radical (unpaired) electrons. The predicted octanol–water partition coefficient (Wildman–Crippen LogP) is 1.64. The molecule has 5 nitrogen and oxygen atoms in total. The van der Waals surface area contributed by atoms with E-state index >= 15 is 0 Å². The van der Waals surface area contributed by atoms with Gasteiger partial charge in [-0.05, 0) is 13.3 Å². The van der Waals surface area contributed by atoms with Crippen LogP contribution in [-0.2, 0) is 6.54 Å². The summed E-state index contributed by atoms with van der Waals surface area (Å²) in [6.45, 7) is 9.46. The lowest BCUT2D eigenvalue weighted by molar-refractivity contribution is 0.314. The van der Waals surface area contributed by atoms with Gasteiger partial charge in [0, 0.05) is 44.2 Å². The number of rotatable bonds is 6. The zero-order valence-electron chi connectivity index (χ0n) is 12.0. The first-order chi connectivity index (χ1) is 9.22.